The summed E-state index contributed by atoms with van der Waals surface area (Å²) in [7, 11) is 0. The average molecular weight is 847 g/mol. The van der Waals surface area contributed by atoms with Crippen molar-refractivity contribution in [1.29, 1.82) is 0 Å². The van der Waals surface area contributed by atoms with Crippen LogP contribution in [0, 0.1) is 0 Å². The molecule has 0 rings (SSSR count). The number of hydrogen-bond donors (Lipinski definition) is 1. The Morgan fingerprint density at radius 1 is 0.383 bits per heavy atom. The molecule has 0 fully saturated rings. The second-order valence-corrected chi connectivity index (χ2v) is 19.0. The highest BCUT2D eigenvalue weighted by Gasteiger charge is 2.13. The fourth-order valence-corrected chi connectivity index (χ4v) is 8.68. The van der Waals surface area contributed by atoms with Crippen LogP contribution in [0.5, 0.6) is 0 Å². The third kappa shape index (κ3) is 51.5. The Bertz CT molecular complexity index is 811. The Labute approximate surface area is 377 Å². The molecule has 1 atom stereocenters. The minimum Gasteiger partial charge on any atom is -0.457 e. The summed E-state index contributed by atoms with van der Waals surface area (Å²) in [4.78, 5) is 12.3. The number of unbranched alkanes of at least 4 members (excludes halogenated alkanes) is 43. The van der Waals surface area contributed by atoms with Crippen LogP contribution in [0.4, 0.5) is 0 Å². The summed E-state index contributed by atoms with van der Waals surface area (Å²) in [5, 5.41) is 9.67. The molecule has 0 heterocycles. The molecule has 60 heavy (non-hydrogen) atoms. The highest BCUT2D eigenvalue weighted by Crippen LogP contribution is 2.17. The van der Waals surface area contributed by atoms with Crippen LogP contribution in [-0.2, 0) is 14.3 Å². The molecule has 0 aliphatic carbocycles. The normalized spacial score (nSPS) is 12.2. The molecule has 0 aromatic carbocycles. The van der Waals surface area contributed by atoms with E-state index in [2.05, 4.69) is 26.0 Å². The van der Waals surface area contributed by atoms with Crippen molar-refractivity contribution in [2.24, 2.45) is 0 Å². The number of aliphatic hydroxyl groups is 1. The first-order valence-corrected chi connectivity index (χ1v) is 27.8. The van der Waals surface area contributed by atoms with E-state index in [-0.39, 0.29) is 12.6 Å². The molecule has 358 valence electrons. The standard InChI is InChI=1S/C56H110O4/c1-3-5-7-9-11-13-15-17-19-21-23-25-27-28-29-30-32-34-36-38-40-42-44-46-48-50-52-59-54-55(53-57)60-56(58)51-49-47-45-43-41-39-37-35-33-31-26-24-22-20-18-16-14-12-10-8-6-4-2/h21,23,55,57H,3-20,22,24-54H2,1-2H3/b23-21-. The molecular weight excluding hydrogens is 737 g/mol. The minimum absolute atomic E-state index is 0.164. The van der Waals surface area contributed by atoms with Crippen LogP contribution in [0.2, 0.25) is 0 Å². The molecule has 0 bridgehead atoms. The topological polar surface area (TPSA) is 55.8 Å². The van der Waals surface area contributed by atoms with Gasteiger partial charge in [0.05, 0.1) is 13.2 Å². The summed E-state index contributed by atoms with van der Waals surface area (Å²) >= 11 is 0. The molecule has 0 saturated heterocycles. The van der Waals surface area contributed by atoms with E-state index in [0.29, 0.717) is 19.6 Å². The molecule has 0 aliphatic rings. The molecule has 0 spiro atoms. The Kier molecular flexibility index (Phi) is 53.5. The van der Waals surface area contributed by atoms with Crippen LogP contribution < -0.4 is 0 Å². The van der Waals surface area contributed by atoms with E-state index in [4.69, 9.17) is 9.47 Å². The number of ether oxygens (including phenoxy) is 2. The minimum atomic E-state index is -0.529. The van der Waals surface area contributed by atoms with E-state index in [1.165, 1.54) is 276 Å². The van der Waals surface area contributed by atoms with E-state index in [1.54, 1.807) is 0 Å². The number of carbonyl (C=O) groups excluding carboxylic acids is 1. The number of rotatable bonds is 53. The van der Waals surface area contributed by atoms with Crippen molar-refractivity contribution in [3.63, 3.8) is 0 Å². The lowest BCUT2D eigenvalue weighted by Crippen LogP contribution is -2.27. The van der Waals surface area contributed by atoms with Crippen LogP contribution in [0.15, 0.2) is 12.2 Å². The Balaban J connectivity index is 3.33. The predicted molar refractivity (Wildman–Crippen MR) is 265 cm³/mol. The molecule has 1 N–H and O–H groups in total. The van der Waals surface area contributed by atoms with Crippen molar-refractivity contribution >= 4 is 5.97 Å². The maximum atomic E-state index is 12.3. The van der Waals surface area contributed by atoms with Crippen molar-refractivity contribution < 1.29 is 19.4 Å². The van der Waals surface area contributed by atoms with Gasteiger partial charge in [0.25, 0.3) is 0 Å². The Hall–Kier alpha value is -0.870. The predicted octanol–water partition coefficient (Wildman–Crippen LogP) is 18.8. The SMILES string of the molecule is CCCCCCCCCC/C=C\CCCCCCCCCCCCCCCCOCC(CO)OC(=O)CCCCCCCCCCCCCCCCCCCCCCCC. The van der Waals surface area contributed by atoms with Crippen LogP contribution in [0.3, 0.4) is 0 Å². The summed E-state index contributed by atoms with van der Waals surface area (Å²) in [5.41, 5.74) is 0. The second kappa shape index (κ2) is 54.3. The van der Waals surface area contributed by atoms with Crippen LogP contribution in [-0.4, -0.2) is 37.0 Å². The van der Waals surface area contributed by atoms with Gasteiger partial charge in [0.2, 0.25) is 0 Å². The number of carbonyl (C=O) groups is 1. The molecule has 0 saturated carbocycles. The van der Waals surface area contributed by atoms with Gasteiger partial charge in [-0.1, -0.05) is 283 Å². The first-order chi connectivity index (χ1) is 29.7. The second-order valence-electron chi connectivity index (χ2n) is 19.0. The summed E-state index contributed by atoms with van der Waals surface area (Å²) in [6, 6.07) is 0. The fourth-order valence-electron chi connectivity index (χ4n) is 8.68. The maximum Gasteiger partial charge on any atom is 0.306 e. The average Bonchev–Trinajstić information content (AvgIpc) is 3.25. The van der Waals surface area contributed by atoms with Crippen LogP contribution >= 0.6 is 0 Å². The van der Waals surface area contributed by atoms with Crippen molar-refractivity contribution in [3.05, 3.63) is 12.2 Å². The Morgan fingerprint density at radius 3 is 0.950 bits per heavy atom. The smallest absolute Gasteiger partial charge is 0.306 e. The lowest BCUT2D eigenvalue weighted by atomic mass is 10.0. The van der Waals surface area contributed by atoms with Gasteiger partial charge in [-0.25, -0.2) is 0 Å². The lowest BCUT2D eigenvalue weighted by Gasteiger charge is -2.16. The molecule has 0 radical (unpaired) electrons. The van der Waals surface area contributed by atoms with Gasteiger partial charge in [0, 0.05) is 13.0 Å². The van der Waals surface area contributed by atoms with Crippen LogP contribution in [0.25, 0.3) is 0 Å². The highest BCUT2D eigenvalue weighted by molar-refractivity contribution is 5.69. The quantitative estimate of drug-likeness (QED) is 0.0376. The third-order valence-electron chi connectivity index (χ3n) is 12.8. The number of aliphatic hydroxyl groups excluding tert-OH is 1. The largest absolute Gasteiger partial charge is 0.457 e. The van der Waals surface area contributed by atoms with Crippen LogP contribution in [0.1, 0.15) is 316 Å². The summed E-state index contributed by atoms with van der Waals surface area (Å²) < 4.78 is 11.2. The molecule has 0 amide bonds. The van der Waals surface area contributed by atoms with Crippen molar-refractivity contribution in [2.45, 2.75) is 322 Å². The van der Waals surface area contributed by atoms with Gasteiger partial charge in [-0.2, -0.15) is 0 Å². The van der Waals surface area contributed by atoms with Gasteiger partial charge < -0.3 is 14.6 Å². The summed E-state index contributed by atoms with van der Waals surface area (Å²) in [6.45, 7) is 5.41. The molecule has 4 heteroatoms. The number of esters is 1. The van der Waals surface area contributed by atoms with Gasteiger partial charge >= 0.3 is 5.97 Å². The molecule has 4 nitrogen and oxygen atoms in total. The third-order valence-corrected chi connectivity index (χ3v) is 12.8. The van der Waals surface area contributed by atoms with E-state index >= 15 is 0 Å². The Morgan fingerprint density at radius 2 is 0.650 bits per heavy atom. The van der Waals surface area contributed by atoms with Gasteiger partial charge in [0.15, 0.2) is 0 Å². The number of allylic oxidation sites excluding steroid dienone is 2. The molecular formula is C56H110O4. The molecule has 0 aliphatic heterocycles. The maximum absolute atomic E-state index is 12.3. The van der Waals surface area contributed by atoms with Gasteiger partial charge in [0.1, 0.15) is 6.10 Å². The summed E-state index contributed by atoms with van der Waals surface area (Å²) in [5.74, 6) is -0.191. The molecule has 0 aromatic rings. The summed E-state index contributed by atoms with van der Waals surface area (Å²) in [6.07, 6.45) is 67.6. The highest BCUT2D eigenvalue weighted by atomic mass is 16.6. The molecule has 1 unspecified atom stereocenters. The first kappa shape index (κ1) is 59.1. The van der Waals surface area contributed by atoms with E-state index in [1.807, 2.05) is 0 Å². The van der Waals surface area contributed by atoms with E-state index in [9.17, 15) is 9.90 Å². The van der Waals surface area contributed by atoms with Crippen molar-refractivity contribution in [1.82, 2.24) is 0 Å². The zero-order valence-corrected chi connectivity index (χ0v) is 41.3. The van der Waals surface area contributed by atoms with Crippen molar-refractivity contribution in [2.75, 3.05) is 19.8 Å². The van der Waals surface area contributed by atoms with E-state index in [0.717, 1.165) is 19.3 Å². The fraction of sp³-hybridized carbons (Fsp3) is 0.946. The zero-order chi connectivity index (χ0) is 43.3. The van der Waals surface area contributed by atoms with E-state index < -0.39 is 6.10 Å². The van der Waals surface area contributed by atoms with Gasteiger partial charge in [-0.15, -0.1) is 0 Å². The van der Waals surface area contributed by atoms with Gasteiger partial charge in [-0.3, -0.25) is 4.79 Å². The molecule has 0 aromatic heterocycles. The first-order valence-electron chi connectivity index (χ1n) is 27.8. The van der Waals surface area contributed by atoms with Gasteiger partial charge in [-0.05, 0) is 38.5 Å². The zero-order valence-electron chi connectivity index (χ0n) is 41.3. The lowest BCUT2D eigenvalue weighted by molar-refractivity contribution is -0.154. The van der Waals surface area contributed by atoms with Crippen molar-refractivity contribution in [3.8, 4) is 0 Å². The monoisotopic (exact) mass is 847 g/mol. The number of hydrogen-bond acceptors (Lipinski definition) is 4.